The van der Waals surface area contributed by atoms with Gasteiger partial charge in [0.25, 0.3) is 5.91 Å². The highest BCUT2D eigenvalue weighted by molar-refractivity contribution is 7.15. The summed E-state index contributed by atoms with van der Waals surface area (Å²) in [6, 6.07) is 16.0. The number of fused-ring (bicyclic) bond motifs is 1. The van der Waals surface area contributed by atoms with E-state index in [1.807, 2.05) is 37.3 Å². The largest absolute Gasteiger partial charge is 0.319 e. The first-order valence-corrected chi connectivity index (χ1v) is 9.06. The van der Waals surface area contributed by atoms with Crippen molar-refractivity contribution in [3.05, 3.63) is 82.7 Å². The second kappa shape index (κ2) is 6.89. The fourth-order valence-corrected chi connectivity index (χ4v) is 3.67. The molecule has 2 aromatic carbocycles. The molecule has 0 unspecified atom stereocenters. The average molecular weight is 380 g/mol. The van der Waals surface area contributed by atoms with E-state index in [-0.39, 0.29) is 5.69 Å². The molecule has 0 spiro atoms. The summed E-state index contributed by atoms with van der Waals surface area (Å²) >= 11 is 1.58. The highest BCUT2D eigenvalue weighted by Gasteiger charge is 2.16. The van der Waals surface area contributed by atoms with E-state index in [2.05, 4.69) is 10.3 Å². The Morgan fingerprint density at radius 2 is 1.85 bits per heavy atom. The van der Waals surface area contributed by atoms with Crippen LogP contribution in [0.4, 0.5) is 14.5 Å². The molecule has 0 atom stereocenters. The third-order valence-corrected chi connectivity index (χ3v) is 5.16. The standard InChI is InChI=1S/C21H14F2N2OS/c1-12-6-9-20(27-12)19-11-15(14-4-2-3-5-17(14)24-19)21(26)25-18-8-7-13(22)10-16(18)23/h2-11H,1H3,(H,25,26). The van der Waals surface area contributed by atoms with E-state index in [9.17, 15) is 13.6 Å². The van der Waals surface area contributed by atoms with Crippen molar-refractivity contribution in [3.8, 4) is 10.6 Å². The molecule has 2 heterocycles. The van der Waals surface area contributed by atoms with Crippen molar-refractivity contribution in [2.24, 2.45) is 0 Å². The van der Waals surface area contributed by atoms with Crippen molar-refractivity contribution < 1.29 is 13.6 Å². The minimum Gasteiger partial charge on any atom is -0.319 e. The van der Waals surface area contributed by atoms with Crippen LogP contribution in [0.5, 0.6) is 0 Å². The smallest absolute Gasteiger partial charge is 0.256 e. The van der Waals surface area contributed by atoms with Crippen molar-refractivity contribution in [3.63, 3.8) is 0 Å². The fraction of sp³-hybridized carbons (Fsp3) is 0.0476. The molecule has 0 aliphatic carbocycles. The lowest BCUT2D eigenvalue weighted by molar-refractivity contribution is 0.102. The molecule has 0 radical (unpaired) electrons. The summed E-state index contributed by atoms with van der Waals surface area (Å²) in [5.41, 5.74) is 1.66. The Balaban J connectivity index is 1.80. The predicted molar refractivity (Wildman–Crippen MR) is 104 cm³/mol. The van der Waals surface area contributed by atoms with Crippen LogP contribution >= 0.6 is 11.3 Å². The van der Waals surface area contributed by atoms with Crippen molar-refractivity contribution >= 4 is 33.8 Å². The number of halogens is 2. The number of benzene rings is 2. The number of pyridine rings is 1. The number of hydrogen-bond donors (Lipinski definition) is 1. The zero-order valence-corrected chi connectivity index (χ0v) is 15.1. The summed E-state index contributed by atoms with van der Waals surface area (Å²) in [6.45, 7) is 2.00. The van der Waals surface area contributed by atoms with E-state index in [1.54, 1.807) is 23.5 Å². The molecule has 0 aliphatic heterocycles. The van der Waals surface area contributed by atoms with Crippen molar-refractivity contribution in [2.45, 2.75) is 6.92 Å². The number of nitrogens with zero attached hydrogens (tertiary/aromatic N) is 1. The number of nitrogens with one attached hydrogen (secondary N) is 1. The lowest BCUT2D eigenvalue weighted by Gasteiger charge is -2.10. The Morgan fingerprint density at radius 3 is 2.59 bits per heavy atom. The number of carbonyl (C=O) groups excluding carboxylic acids is 1. The molecular weight excluding hydrogens is 366 g/mol. The second-order valence-corrected chi connectivity index (χ2v) is 7.35. The highest BCUT2D eigenvalue weighted by Crippen LogP contribution is 2.30. The Kier molecular flexibility index (Phi) is 4.41. The van der Waals surface area contributed by atoms with Crippen LogP contribution in [0.1, 0.15) is 15.2 Å². The van der Waals surface area contributed by atoms with Gasteiger partial charge in [-0.1, -0.05) is 18.2 Å². The molecule has 3 nitrogen and oxygen atoms in total. The number of thiophene rings is 1. The summed E-state index contributed by atoms with van der Waals surface area (Å²) < 4.78 is 27.0. The summed E-state index contributed by atoms with van der Waals surface area (Å²) in [7, 11) is 0. The van der Waals surface area contributed by atoms with Gasteiger partial charge in [-0.2, -0.15) is 0 Å². The van der Waals surface area contributed by atoms with E-state index in [1.165, 1.54) is 6.07 Å². The SMILES string of the molecule is Cc1ccc(-c2cc(C(=O)Nc3ccc(F)cc3F)c3ccccc3n2)s1. The minimum absolute atomic E-state index is 0.0733. The third-order valence-electron chi connectivity index (χ3n) is 4.13. The molecule has 0 saturated carbocycles. The maximum atomic E-state index is 13.9. The fourth-order valence-electron chi connectivity index (χ4n) is 2.84. The molecule has 6 heteroatoms. The van der Waals surface area contributed by atoms with Crippen LogP contribution in [0.15, 0.2) is 60.7 Å². The van der Waals surface area contributed by atoms with Gasteiger partial charge < -0.3 is 5.32 Å². The van der Waals surface area contributed by atoms with Crippen molar-refractivity contribution in [1.82, 2.24) is 4.98 Å². The Bertz CT molecular complexity index is 1170. The molecule has 1 amide bonds. The van der Waals surface area contributed by atoms with Gasteiger partial charge in [0, 0.05) is 16.3 Å². The van der Waals surface area contributed by atoms with E-state index in [4.69, 9.17) is 0 Å². The van der Waals surface area contributed by atoms with E-state index in [0.29, 0.717) is 22.2 Å². The van der Waals surface area contributed by atoms with Gasteiger partial charge >= 0.3 is 0 Å². The van der Waals surface area contributed by atoms with Gasteiger partial charge in [-0.3, -0.25) is 4.79 Å². The van der Waals surface area contributed by atoms with Gasteiger partial charge in [-0.25, -0.2) is 13.8 Å². The Morgan fingerprint density at radius 1 is 1.04 bits per heavy atom. The van der Waals surface area contributed by atoms with Gasteiger partial charge in [-0.15, -0.1) is 11.3 Å². The molecule has 0 aliphatic rings. The van der Waals surface area contributed by atoms with Crippen LogP contribution in [0.3, 0.4) is 0 Å². The van der Waals surface area contributed by atoms with Gasteiger partial charge in [0.2, 0.25) is 0 Å². The second-order valence-electron chi connectivity index (χ2n) is 6.06. The van der Waals surface area contributed by atoms with Crippen molar-refractivity contribution in [2.75, 3.05) is 5.32 Å². The first-order valence-electron chi connectivity index (χ1n) is 8.24. The Hall–Kier alpha value is -3.12. The molecule has 0 fully saturated rings. The topological polar surface area (TPSA) is 42.0 Å². The number of hydrogen-bond acceptors (Lipinski definition) is 3. The van der Waals surface area contributed by atoms with Crippen LogP contribution in [-0.4, -0.2) is 10.9 Å². The lowest BCUT2D eigenvalue weighted by Crippen LogP contribution is -2.14. The summed E-state index contributed by atoms with van der Waals surface area (Å²) in [4.78, 5) is 19.6. The quantitative estimate of drug-likeness (QED) is 0.488. The first-order chi connectivity index (χ1) is 13.0. The van der Waals surface area contributed by atoms with E-state index in [0.717, 1.165) is 21.9 Å². The predicted octanol–water partition coefficient (Wildman–Crippen LogP) is 5.80. The zero-order valence-electron chi connectivity index (χ0n) is 14.3. The molecule has 134 valence electrons. The van der Waals surface area contributed by atoms with Gasteiger partial charge in [0.05, 0.1) is 27.3 Å². The first kappa shape index (κ1) is 17.3. The summed E-state index contributed by atoms with van der Waals surface area (Å²) in [5.74, 6) is -2.00. The lowest BCUT2D eigenvalue weighted by atomic mass is 10.1. The summed E-state index contributed by atoms with van der Waals surface area (Å²) in [5, 5.41) is 3.19. The van der Waals surface area contributed by atoms with Crippen molar-refractivity contribution in [1.29, 1.82) is 0 Å². The number of aromatic nitrogens is 1. The number of para-hydroxylation sites is 1. The highest BCUT2D eigenvalue weighted by atomic mass is 32.1. The maximum Gasteiger partial charge on any atom is 0.256 e. The van der Waals surface area contributed by atoms with E-state index >= 15 is 0 Å². The van der Waals surface area contributed by atoms with Crippen LogP contribution < -0.4 is 5.32 Å². The average Bonchev–Trinajstić information content (AvgIpc) is 3.09. The number of aryl methyl sites for hydroxylation is 1. The van der Waals surface area contributed by atoms with Crippen LogP contribution in [-0.2, 0) is 0 Å². The molecular formula is C21H14F2N2OS. The maximum absolute atomic E-state index is 13.9. The minimum atomic E-state index is -0.823. The number of anilines is 1. The summed E-state index contributed by atoms with van der Waals surface area (Å²) in [6.07, 6.45) is 0. The number of rotatable bonds is 3. The molecule has 2 aromatic heterocycles. The van der Waals surface area contributed by atoms with Gasteiger partial charge in [0.15, 0.2) is 0 Å². The Labute approximate surface area is 158 Å². The van der Waals surface area contributed by atoms with Crippen LogP contribution in [0.25, 0.3) is 21.5 Å². The zero-order chi connectivity index (χ0) is 19.0. The van der Waals surface area contributed by atoms with Crippen LogP contribution in [0.2, 0.25) is 0 Å². The molecule has 0 saturated heterocycles. The molecule has 4 rings (SSSR count). The molecule has 0 bridgehead atoms. The monoisotopic (exact) mass is 380 g/mol. The number of carbonyl (C=O) groups is 1. The number of amides is 1. The van der Waals surface area contributed by atoms with E-state index < -0.39 is 17.5 Å². The third kappa shape index (κ3) is 3.44. The molecule has 27 heavy (non-hydrogen) atoms. The van der Waals surface area contributed by atoms with Crippen LogP contribution in [0, 0.1) is 18.6 Å². The van der Waals surface area contributed by atoms with Gasteiger partial charge in [-0.05, 0) is 43.3 Å². The normalized spacial score (nSPS) is 10.9. The van der Waals surface area contributed by atoms with Gasteiger partial charge in [0.1, 0.15) is 11.6 Å². The molecule has 4 aromatic rings. The molecule has 1 N–H and O–H groups in total.